The van der Waals surface area contributed by atoms with Gasteiger partial charge in [-0.1, -0.05) is 17.9 Å². The Kier molecular flexibility index (Phi) is 10.8. The number of ether oxygens (including phenoxy) is 2. The smallest absolute Gasteiger partial charge is 0.327 e. The van der Waals surface area contributed by atoms with Crippen LogP contribution in [0.3, 0.4) is 0 Å². The van der Waals surface area contributed by atoms with E-state index in [9.17, 15) is 28.0 Å². The number of para-hydroxylation sites is 1. The van der Waals surface area contributed by atoms with Gasteiger partial charge in [-0.2, -0.15) is 10.2 Å². The molecule has 0 spiro atoms. The van der Waals surface area contributed by atoms with E-state index >= 15 is 0 Å². The van der Waals surface area contributed by atoms with E-state index in [2.05, 4.69) is 47.5 Å². The normalized spacial score (nSPS) is 24.6. The Balaban J connectivity index is 0.695. The van der Waals surface area contributed by atoms with Crippen LogP contribution in [0.5, 0.6) is 0 Å². The van der Waals surface area contributed by atoms with Gasteiger partial charge >= 0.3 is 5.69 Å². The summed E-state index contributed by atoms with van der Waals surface area (Å²) in [5.74, 6) is 6.01. The first-order valence-electron chi connectivity index (χ1n) is 21.5. The summed E-state index contributed by atoms with van der Waals surface area (Å²) in [7, 11) is 0. The number of halogens is 2. The maximum Gasteiger partial charge on any atom is 0.327 e. The Hall–Kier alpha value is -5.97. The molecule has 62 heavy (non-hydrogen) atoms. The van der Waals surface area contributed by atoms with E-state index in [-0.39, 0.29) is 60.9 Å². The minimum Gasteiger partial charge on any atom is -0.374 e. The molecule has 3 atom stereocenters. The van der Waals surface area contributed by atoms with Crippen LogP contribution in [0.15, 0.2) is 47.7 Å². The molecule has 8 heterocycles. The molecule has 1 saturated carbocycles. The van der Waals surface area contributed by atoms with Gasteiger partial charge in [0.1, 0.15) is 24.0 Å². The molecule has 2 bridgehead atoms. The lowest BCUT2D eigenvalue weighted by Gasteiger charge is -2.36. The third kappa shape index (κ3) is 7.86. The first-order valence-corrected chi connectivity index (χ1v) is 21.5. The van der Waals surface area contributed by atoms with E-state index in [1.807, 2.05) is 12.1 Å². The van der Waals surface area contributed by atoms with Gasteiger partial charge in [-0.05, 0) is 75.5 Å². The Morgan fingerprint density at radius 1 is 1.05 bits per heavy atom. The Morgan fingerprint density at radius 3 is 2.65 bits per heavy atom. The van der Waals surface area contributed by atoms with Crippen molar-refractivity contribution in [3.63, 3.8) is 0 Å². The molecule has 10 rings (SSSR count). The number of fused-ring (bicyclic) bond motifs is 4. The largest absolute Gasteiger partial charge is 0.374 e. The maximum atomic E-state index is 14.3. The van der Waals surface area contributed by atoms with Gasteiger partial charge in [-0.3, -0.25) is 28.9 Å². The number of morpholine rings is 1. The van der Waals surface area contributed by atoms with E-state index in [0.29, 0.717) is 34.8 Å². The minimum atomic E-state index is -2.86. The molecule has 5 aliphatic rings. The van der Waals surface area contributed by atoms with Crippen LogP contribution in [0.25, 0.3) is 16.7 Å². The van der Waals surface area contributed by atoms with Crippen LogP contribution >= 0.6 is 0 Å². The fourth-order valence-corrected chi connectivity index (χ4v) is 9.90. The molecule has 0 radical (unpaired) electrons. The van der Waals surface area contributed by atoms with Gasteiger partial charge in [-0.25, -0.2) is 23.1 Å². The van der Waals surface area contributed by atoms with Crippen molar-refractivity contribution in [1.82, 2.24) is 44.1 Å². The van der Waals surface area contributed by atoms with E-state index in [1.165, 1.54) is 21.5 Å². The Morgan fingerprint density at radius 2 is 1.89 bits per heavy atom. The first kappa shape index (κ1) is 40.1. The number of hydrogen-bond donors (Lipinski definition) is 3. The number of anilines is 2. The number of H-pyrrole nitrogens is 1. The van der Waals surface area contributed by atoms with Crippen LogP contribution < -0.4 is 21.2 Å². The predicted octanol–water partition coefficient (Wildman–Crippen LogP) is 3.98. The van der Waals surface area contributed by atoms with Crippen LogP contribution in [-0.2, 0) is 19.1 Å². The van der Waals surface area contributed by atoms with Crippen LogP contribution in [0, 0.1) is 17.8 Å². The molecule has 5 fully saturated rings. The number of amides is 3. The van der Waals surface area contributed by atoms with Crippen molar-refractivity contribution in [2.45, 2.75) is 94.5 Å². The first-order chi connectivity index (χ1) is 30.1. The van der Waals surface area contributed by atoms with E-state index in [1.54, 1.807) is 23.0 Å². The Bertz CT molecular complexity index is 2650. The van der Waals surface area contributed by atoms with Crippen LogP contribution in [0.1, 0.15) is 97.9 Å². The maximum absolute atomic E-state index is 14.3. The van der Waals surface area contributed by atoms with Crippen molar-refractivity contribution < 1.29 is 32.6 Å². The number of aromatic amines is 1. The molecule has 1 aromatic carbocycles. The van der Waals surface area contributed by atoms with Crippen LogP contribution in [0.4, 0.5) is 20.3 Å². The van der Waals surface area contributed by atoms with Crippen LogP contribution in [-0.4, -0.2) is 114 Å². The van der Waals surface area contributed by atoms with Crippen molar-refractivity contribution in [2.24, 2.45) is 5.92 Å². The summed E-state index contributed by atoms with van der Waals surface area (Å²) in [6.45, 7) is 4.39. The highest BCUT2D eigenvalue weighted by Crippen LogP contribution is 2.36. The average molecular weight is 852 g/mol. The number of carbonyl (C=O) groups excluding carboxylic acids is 3. The molecule has 4 aromatic heterocycles. The third-order valence-corrected chi connectivity index (χ3v) is 13.1. The van der Waals surface area contributed by atoms with Crippen molar-refractivity contribution in [3.05, 3.63) is 70.2 Å². The number of hydrogen-bond acceptors (Lipinski definition) is 11. The molecule has 4 saturated heterocycles. The molecule has 1 aliphatic carbocycles. The topological polar surface area (TPSA) is 186 Å². The van der Waals surface area contributed by atoms with Gasteiger partial charge in [-0.15, -0.1) is 0 Å². The summed E-state index contributed by atoms with van der Waals surface area (Å²) in [4.78, 5) is 62.7. The fourth-order valence-electron chi connectivity index (χ4n) is 9.90. The molecule has 1 unspecified atom stereocenters. The predicted molar refractivity (Wildman–Crippen MR) is 221 cm³/mol. The molecule has 4 aliphatic heterocycles. The number of nitrogens with one attached hydrogen (secondary N) is 3. The zero-order valence-corrected chi connectivity index (χ0v) is 34.0. The fraction of sp³-hybridized carbons (Fsp3) is 0.512. The molecule has 324 valence electrons. The quantitative estimate of drug-likeness (QED) is 0.136. The molecule has 5 aromatic rings. The second-order valence-corrected chi connectivity index (χ2v) is 17.0. The third-order valence-electron chi connectivity index (χ3n) is 13.1. The van der Waals surface area contributed by atoms with Gasteiger partial charge in [0.15, 0.2) is 11.3 Å². The lowest BCUT2D eigenvalue weighted by Crippen LogP contribution is -2.43. The van der Waals surface area contributed by atoms with Gasteiger partial charge in [0.25, 0.3) is 12.3 Å². The summed E-state index contributed by atoms with van der Waals surface area (Å²) in [6.07, 6.45) is 8.71. The van der Waals surface area contributed by atoms with E-state index < -0.39 is 35.7 Å². The van der Waals surface area contributed by atoms with Gasteiger partial charge in [0.05, 0.1) is 59.4 Å². The highest BCUT2D eigenvalue weighted by atomic mass is 19.3. The molecule has 3 N–H and O–H groups in total. The van der Waals surface area contributed by atoms with Crippen molar-refractivity contribution in [3.8, 4) is 11.8 Å². The number of nitrogens with zero attached hydrogens (tertiary/aromatic N) is 8. The lowest BCUT2D eigenvalue weighted by atomic mass is 9.85. The monoisotopic (exact) mass is 851 g/mol. The second-order valence-electron chi connectivity index (χ2n) is 17.0. The molecule has 3 amide bonds. The van der Waals surface area contributed by atoms with Crippen molar-refractivity contribution in [1.29, 1.82) is 0 Å². The number of imide groups is 1. The second kappa shape index (κ2) is 16.7. The number of carbonyl (C=O) groups is 3. The van der Waals surface area contributed by atoms with Crippen molar-refractivity contribution >= 4 is 45.9 Å². The summed E-state index contributed by atoms with van der Waals surface area (Å²) >= 11 is 0. The number of piperidine rings is 2. The number of imidazole rings is 1. The summed E-state index contributed by atoms with van der Waals surface area (Å²) in [5, 5.41) is 13.6. The average Bonchev–Trinajstić information content (AvgIpc) is 4.12. The van der Waals surface area contributed by atoms with Gasteiger partial charge in [0.2, 0.25) is 11.8 Å². The molecule has 19 heteroatoms. The number of likely N-dealkylation sites (tertiary alicyclic amines) is 1. The number of aromatic nitrogens is 7. The summed E-state index contributed by atoms with van der Waals surface area (Å²) in [5.41, 5.74) is 1.38. The number of benzene rings is 1. The Labute approximate surface area is 354 Å². The van der Waals surface area contributed by atoms with Gasteiger partial charge in [0, 0.05) is 45.0 Å². The van der Waals surface area contributed by atoms with Crippen molar-refractivity contribution in [2.75, 3.05) is 49.6 Å². The lowest BCUT2D eigenvalue weighted by molar-refractivity contribution is -0.135. The number of alkyl halides is 2. The zero-order valence-electron chi connectivity index (χ0n) is 34.0. The molecular formula is C43H47F2N11O6. The molecule has 17 nitrogen and oxygen atoms in total. The molecular weight excluding hydrogens is 805 g/mol. The highest BCUT2D eigenvalue weighted by Gasteiger charge is 2.40. The zero-order chi connectivity index (χ0) is 42.5. The minimum absolute atomic E-state index is 0.0110. The number of rotatable bonds is 10. The summed E-state index contributed by atoms with van der Waals surface area (Å²) in [6, 6.07) is 6.64. The van der Waals surface area contributed by atoms with E-state index in [0.717, 1.165) is 76.9 Å². The highest BCUT2D eigenvalue weighted by molar-refractivity contribution is 6.08. The summed E-state index contributed by atoms with van der Waals surface area (Å²) < 4.78 is 44.9. The van der Waals surface area contributed by atoms with Crippen LogP contribution in [0.2, 0.25) is 0 Å². The van der Waals surface area contributed by atoms with E-state index in [4.69, 9.17) is 14.5 Å². The standard InChI is InChI=1S/C43H47F2N11O6/c44-39(45)38-32(47-41(58)31-20-46-54-17-14-35(48-40(31)54)53-22-30-19-28(53)24-62-30)23-55(51-38)27-8-6-25(7-9-27)21-52-15-12-29(13-16-52)61-18-2-4-26-3-1-5-33-37(26)50-43(60)56(33)34-10-11-36(57)49-42(34)59/h1,3,5,14,17,20,23,25,27-30,34,39H,6-13,15-16,18-19,21-22,24H2,(H,47,58)(H,50,60)(H,49,57,59)/t25?,27?,28-,30-,34?/m0/s1. The SMILES string of the molecule is O=C1CCC(n2c(=O)[nH]c3c(C#CCOC4CCN(CC5CCC(n6cc(NC(=O)c7cnn8ccc(N9C[C@@H]%10C[C@H]9CO%10)nc78)c(C(F)F)n6)CC5)CC4)cccc32)C(=O)N1. The van der Waals surface area contributed by atoms with Gasteiger partial charge < -0.3 is 29.6 Å².